The number of halogens is 4. The van der Waals surface area contributed by atoms with Crippen LogP contribution in [0.25, 0.3) is 10.4 Å². The van der Waals surface area contributed by atoms with Crippen LogP contribution in [0.2, 0.25) is 0 Å². The van der Waals surface area contributed by atoms with Crippen molar-refractivity contribution in [1.29, 1.82) is 0 Å². The number of benzene rings is 2. The van der Waals surface area contributed by atoms with Gasteiger partial charge in [-0.25, -0.2) is 14.4 Å². The van der Waals surface area contributed by atoms with E-state index in [1.807, 2.05) is 45.0 Å². The number of hydrogen-bond donors (Lipinski definition) is 1. The van der Waals surface area contributed by atoms with Crippen LogP contribution < -0.4 is 10.1 Å². The molecular formula is C26H23F4N3OS. The summed E-state index contributed by atoms with van der Waals surface area (Å²) in [6.45, 7) is 7.81. The molecule has 0 saturated carbocycles. The predicted octanol–water partition coefficient (Wildman–Crippen LogP) is 8.50. The van der Waals surface area contributed by atoms with Crippen LogP contribution in [0.15, 0.2) is 60.8 Å². The van der Waals surface area contributed by atoms with E-state index in [0.717, 1.165) is 5.56 Å². The first kappa shape index (κ1) is 24.7. The minimum Gasteiger partial charge on any atom is -0.437 e. The Morgan fingerprint density at radius 3 is 2.40 bits per heavy atom. The Balaban J connectivity index is 1.72. The van der Waals surface area contributed by atoms with E-state index in [2.05, 4.69) is 15.3 Å². The molecule has 0 atom stereocenters. The summed E-state index contributed by atoms with van der Waals surface area (Å²) in [6.07, 6.45) is -3.24. The van der Waals surface area contributed by atoms with Crippen molar-refractivity contribution >= 4 is 22.2 Å². The molecule has 0 aliphatic heterocycles. The molecule has 2 aromatic heterocycles. The van der Waals surface area contributed by atoms with Crippen molar-refractivity contribution in [3.63, 3.8) is 0 Å². The van der Waals surface area contributed by atoms with Gasteiger partial charge in [-0.05, 0) is 42.2 Å². The minimum absolute atomic E-state index is 0.0609. The zero-order valence-corrected chi connectivity index (χ0v) is 20.3. The second-order valence-corrected chi connectivity index (χ2v) is 10.0. The SMILES string of the molecule is Cc1ccc(-c2sc(Nc3cccnc3Oc3ccccc3C(C)(C)C)nc2C(F)(F)F)c(F)c1. The average Bonchev–Trinajstić information content (AvgIpc) is 3.19. The Kier molecular flexibility index (Phi) is 6.55. The monoisotopic (exact) mass is 501 g/mol. The molecule has 0 fully saturated rings. The molecule has 4 nitrogen and oxygen atoms in total. The molecule has 1 N–H and O–H groups in total. The number of aryl methyl sites for hydroxylation is 1. The fourth-order valence-corrected chi connectivity index (χ4v) is 4.54. The summed E-state index contributed by atoms with van der Waals surface area (Å²) in [5.41, 5.74) is 0.364. The van der Waals surface area contributed by atoms with Crippen molar-refractivity contribution in [3.05, 3.63) is 83.4 Å². The molecule has 2 heterocycles. The highest BCUT2D eigenvalue weighted by molar-refractivity contribution is 7.19. The number of para-hydroxylation sites is 1. The molecule has 0 aliphatic rings. The lowest BCUT2D eigenvalue weighted by molar-refractivity contribution is -0.140. The lowest BCUT2D eigenvalue weighted by Crippen LogP contribution is -2.12. The van der Waals surface area contributed by atoms with Crippen LogP contribution >= 0.6 is 11.3 Å². The molecule has 182 valence electrons. The highest BCUT2D eigenvalue weighted by Crippen LogP contribution is 2.44. The van der Waals surface area contributed by atoms with Crippen LogP contribution in [0.4, 0.5) is 28.4 Å². The number of pyridine rings is 1. The maximum Gasteiger partial charge on any atom is 0.434 e. The van der Waals surface area contributed by atoms with Gasteiger partial charge in [0.15, 0.2) is 10.8 Å². The van der Waals surface area contributed by atoms with Crippen molar-refractivity contribution in [2.75, 3.05) is 5.32 Å². The largest absolute Gasteiger partial charge is 0.437 e. The number of anilines is 2. The molecule has 4 aromatic rings. The summed E-state index contributed by atoms with van der Waals surface area (Å²) in [7, 11) is 0. The van der Waals surface area contributed by atoms with Crippen molar-refractivity contribution in [2.45, 2.75) is 39.3 Å². The van der Waals surface area contributed by atoms with Gasteiger partial charge in [0.2, 0.25) is 5.88 Å². The van der Waals surface area contributed by atoms with Gasteiger partial charge in [-0.1, -0.05) is 62.4 Å². The summed E-state index contributed by atoms with van der Waals surface area (Å²) in [6, 6.07) is 14.8. The summed E-state index contributed by atoms with van der Waals surface area (Å²) in [5, 5.41) is 2.82. The van der Waals surface area contributed by atoms with Gasteiger partial charge >= 0.3 is 6.18 Å². The molecule has 0 bridgehead atoms. The molecule has 35 heavy (non-hydrogen) atoms. The van der Waals surface area contributed by atoms with Crippen molar-refractivity contribution in [3.8, 4) is 22.1 Å². The van der Waals surface area contributed by atoms with E-state index >= 15 is 0 Å². The van der Waals surface area contributed by atoms with Gasteiger partial charge in [0, 0.05) is 17.3 Å². The molecule has 0 unspecified atom stereocenters. The fourth-order valence-electron chi connectivity index (χ4n) is 3.51. The highest BCUT2D eigenvalue weighted by Gasteiger charge is 2.38. The molecule has 0 saturated heterocycles. The van der Waals surface area contributed by atoms with E-state index in [1.165, 1.54) is 18.3 Å². The van der Waals surface area contributed by atoms with Crippen LogP contribution in [0.5, 0.6) is 11.6 Å². The van der Waals surface area contributed by atoms with E-state index in [4.69, 9.17) is 4.74 Å². The van der Waals surface area contributed by atoms with Gasteiger partial charge < -0.3 is 10.1 Å². The second-order valence-electron chi connectivity index (χ2n) is 9.01. The summed E-state index contributed by atoms with van der Waals surface area (Å²) < 4.78 is 62.0. The number of nitrogens with zero attached hydrogens (tertiary/aromatic N) is 2. The third-order valence-electron chi connectivity index (χ3n) is 5.18. The number of nitrogens with one attached hydrogen (secondary N) is 1. The van der Waals surface area contributed by atoms with Gasteiger partial charge in [0.05, 0.1) is 4.88 Å². The Labute approximate surface area is 204 Å². The number of aromatic nitrogens is 2. The number of ether oxygens (including phenoxy) is 1. The zero-order valence-electron chi connectivity index (χ0n) is 19.5. The Morgan fingerprint density at radius 2 is 1.71 bits per heavy atom. The normalized spacial score (nSPS) is 12.0. The van der Waals surface area contributed by atoms with Crippen molar-refractivity contribution in [2.24, 2.45) is 0 Å². The van der Waals surface area contributed by atoms with E-state index in [9.17, 15) is 17.6 Å². The maximum atomic E-state index is 14.5. The second kappa shape index (κ2) is 9.30. The molecule has 2 aromatic carbocycles. The van der Waals surface area contributed by atoms with Gasteiger partial charge in [-0.2, -0.15) is 13.2 Å². The topological polar surface area (TPSA) is 47.0 Å². The molecule has 4 rings (SSSR count). The highest BCUT2D eigenvalue weighted by atomic mass is 32.1. The maximum absolute atomic E-state index is 14.5. The molecule has 0 amide bonds. The van der Waals surface area contributed by atoms with E-state index in [-0.39, 0.29) is 26.9 Å². The first-order valence-corrected chi connectivity index (χ1v) is 11.6. The van der Waals surface area contributed by atoms with Gasteiger partial charge in [0.25, 0.3) is 0 Å². The average molecular weight is 502 g/mol. The molecule has 0 radical (unpaired) electrons. The van der Waals surface area contributed by atoms with Crippen LogP contribution in [-0.4, -0.2) is 9.97 Å². The van der Waals surface area contributed by atoms with Crippen LogP contribution in [0.1, 0.15) is 37.6 Å². The fraction of sp³-hybridized carbons (Fsp3) is 0.231. The molecular weight excluding hydrogens is 478 g/mol. The number of hydrogen-bond acceptors (Lipinski definition) is 5. The van der Waals surface area contributed by atoms with E-state index in [1.54, 1.807) is 25.1 Å². The standard InChI is InChI=1S/C26H23F4N3OS/c1-15-11-12-16(18(27)14-15)21-22(26(28,29)30)33-24(35-21)32-19-9-7-13-31-23(19)34-20-10-6-5-8-17(20)25(2,3)4/h5-14H,1-4H3,(H,32,33). The predicted molar refractivity (Wildman–Crippen MR) is 130 cm³/mol. The van der Waals surface area contributed by atoms with Crippen LogP contribution in [-0.2, 0) is 11.6 Å². The molecule has 0 aliphatic carbocycles. The van der Waals surface area contributed by atoms with E-state index < -0.39 is 17.7 Å². The third-order valence-corrected chi connectivity index (χ3v) is 6.18. The molecule has 9 heteroatoms. The summed E-state index contributed by atoms with van der Waals surface area (Å²) in [4.78, 5) is 7.71. The summed E-state index contributed by atoms with van der Waals surface area (Å²) in [5.74, 6) is 0.0187. The number of alkyl halides is 3. The van der Waals surface area contributed by atoms with Crippen molar-refractivity contribution < 1.29 is 22.3 Å². The number of thiazole rings is 1. The molecule has 0 spiro atoms. The van der Waals surface area contributed by atoms with E-state index in [0.29, 0.717) is 28.3 Å². The van der Waals surface area contributed by atoms with Gasteiger partial charge in [0.1, 0.15) is 17.3 Å². The lowest BCUT2D eigenvalue weighted by Gasteiger charge is -2.22. The van der Waals surface area contributed by atoms with Gasteiger partial charge in [-0.15, -0.1) is 0 Å². The Morgan fingerprint density at radius 1 is 0.971 bits per heavy atom. The Bertz CT molecular complexity index is 1360. The Hall–Kier alpha value is -3.46. The zero-order chi connectivity index (χ0) is 25.4. The van der Waals surface area contributed by atoms with Crippen molar-refractivity contribution in [1.82, 2.24) is 9.97 Å². The smallest absolute Gasteiger partial charge is 0.434 e. The van der Waals surface area contributed by atoms with Crippen LogP contribution in [0.3, 0.4) is 0 Å². The number of rotatable bonds is 5. The van der Waals surface area contributed by atoms with Gasteiger partial charge in [-0.3, -0.25) is 0 Å². The quantitative estimate of drug-likeness (QED) is 0.279. The lowest BCUT2D eigenvalue weighted by atomic mass is 9.86. The third kappa shape index (κ3) is 5.45. The van der Waals surface area contributed by atoms with Crippen LogP contribution in [0, 0.1) is 12.7 Å². The summed E-state index contributed by atoms with van der Waals surface area (Å²) >= 11 is 0.711. The first-order valence-electron chi connectivity index (χ1n) is 10.8. The first-order chi connectivity index (χ1) is 16.4. The minimum atomic E-state index is -4.76.